The van der Waals surface area contributed by atoms with Gasteiger partial charge in [-0.3, -0.25) is 0 Å². The van der Waals surface area contributed by atoms with Gasteiger partial charge < -0.3 is 10.1 Å². The van der Waals surface area contributed by atoms with Gasteiger partial charge in [-0.25, -0.2) is 9.37 Å². The van der Waals surface area contributed by atoms with Crippen molar-refractivity contribution < 1.29 is 9.13 Å². The minimum absolute atomic E-state index is 0.145. The first-order valence-corrected chi connectivity index (χ1v) is 8.74. The van der Waals surface area contributed by atoms with Crippen LogP contribution in [0.4, 0.5) is 4.39 Å². The summed E-state index contributed by atoms with van der Waals surface area (Å²) in [5.74, 6) is 0.659. The lowest BCUT2D eigenvalue weighted by Crippen LogP contribution is -2.29. The SMILES string of the molecule is CNC1CCC(c2cccc(OCc3ccc(Cl)cc3F)n2)CC1. The Morgan fingerprint density at radius 1 is 1.21 bits per heavy atom. The molecule has 5 heteroatoms. The number of ether oxygens (including phenoxy) is 1. The first-order valence-electron chi connectivity index (χ1n) is 8.36. The molecule has 1 aliphatic rings. The summed E-state index contributed by atoms with van der Waals surface area (Å²) in [6.07, 6.45) is 4.61. The fourth-order valence-corrected chi connectivity index (χ4v) is 3.37. The Balaban J connectivity index is 1.63. The van der Waals surface area contributed by atoms with Gasteiger partial charge in [-0.2, -0.15) is 0 Å². The highest BCUT2D eigenvalue weighted by molar-refractivity contribution is 6.30. The van der Waals surface area contributed by atoms with Crippen LogP contribution in [0.5, 0.6) is 5.88 Å². The summed E-state index contributed by atoms with van der Waals surface area (Å²) in [4.78, 5) is 4.62. The Morgan fingerprint density at radius 3 is 2.71 bits per heavy atom. The first kappa shape index (κ1) is 17.2. The molecule has 3 rings (SSSR count). The van der Waals surface area contributed by atoms with Crippen LogP contribution in [0.2, 0.25) is 5.02 Å². The van der Waals surface area contributed by atoms with Gasteiger partial charge in [-0.05, 0) is 50.9 Å². The Morgan fingerprint density at radius 2 is 2.00 bits per heavy atom. The van der Waals surface area contributed by atoms with Crippen molar-refractivity contribution in [3.63, 3.8) is 0 Å². The predicted octanol–water partition coefficient (Wildman–Crippen LogP) is 4.70. The van der Waals surface area contributed by atoms with E-state index in [0.29, 0.717) is 28.4 Å². The summed E-state index contributed by atoms with van der Waals surface area (Å²) in [6, 6.07) is 11.0. The van der Waals surface area contributed by atoms with E-state index in [-0.39, 0.29) is 12.4 Å². The van der Waals surface area contributed by atoms with Crippen LogP contribution in [0, 0.1) is 5.82 Å². The van der Waals surface area contributed by atoms with Gasteiger partial charge >= 0.3 is 0 Å². The van der Waals surface area contributed by atoms with E-state index in [1.165, 1.54) is 18.9 Å². The summed E-state index contributed by atoms with van der Waals surface area (Å²) in [7, 11) is 2.02. The number of aromatic nitrogens is 1. The van der Waals surface area contributed by atoms with Gasteiger partial charge in [0.2, 0.25) is 5.88 Å². The molecular formula is C19H22ClFN2O. The van der Waals surface area contributed by atoms with Crippen LogP contribution >= 0.6 is 11.6 Å². The number of hydrogen-bond acceptors (Lipinski definition) is 3. The molecule has 1 N–H and O–H groups in total. The van der Waals surface area contributed by atoms with Crippen LogP contribution in [0.25, 0.3) is 0 Å². The number of rotatable bonds is 5. The number of pyridine rings is 1. The van der Waals surface area contributed by atoms with Crippen molar-refractivity contribution >= 4 is 11.6 Å². The zero-order valence-corrected chi connectivity index (χ0v) is 14.5. The Kier molecular flexibility index (Phi) is 5.69. The molecule has 0 spiro atoms. The molecule has 3 nitrogen and oxygen atoms in total. The average Bonchev–Trinajstić information content (AvgIpc) is 2.61. The molecule has 1 heterocycles. The fourth-order valence-electron chi connectivity index (χ4n) is 3.21. The van der Waals surface area contributed by atoms with Gasteiger partial charge in [0, 0.05) is 34.3 Å². The molecule has 0 amide bonds. The van der Waals surface area contributed by atoms with Crippen LogP contribution < -0.4 is 10.1 Å². The largest absolute Gasteiger partial charge is 0.473 e. The predicted molar refractivity (Wildman–Crippen MR) is 94.0 cm³/mol. The summed E-state index contributed by atoms with van der Waals surface area (Å²) < 4.78 is 19.5. The highest BCUT2D eigenvalue weighted by Gasteiger charge is 2.22. The van der Waals surface area contributed by atoms with Crippen molar-refractivity contribution in [3.8, 4) is 5.88 Å². The molecule has 1 saturated carbocycles. The minimum atomic E-state index is -0.357. The third-order valence-corrected chi connectivity index (χ3v) is 4.92. The molecule has 0 saturated heterocycles. The molecule has 0 bridgehead atoms. The van der Waals surface area contributed by atoms with Gasteiger partial charge in [0.05, 0.1) is 0 Å². The second kappa shape index (κ2) is 7.95. The Bertz CT molecular complexity index is 687. The van der Waals surface area contributed by atoms with Crippen molar-refractivity contribution in [2.75, 3.05) is 7.05 Å². The van der Waals surface area contributed by atoms with Crippen LogP contribution in [-0.4, -0.2) is 18.1 Å². The van der Waals surface area contributed by atoms with E-state index in [1.807, 2.05) is 19.2 Å². The van der Waals surface area contributed by atoms with E-state index in [9.17, 15) is 4.39 Å². The van der Waals surface area contributed by atoms with Crippen molar-refractivity contribution in [2.24, 2.45) is 0 Å². The summed E-state index contributed by atoms with van der Waals surface area (Å²) in [5.41, 5.74) is 1.54. The molecule has 1 aromatic heterocycles. The molecule has 1 aromatic carbocycles. The van der Waals surface area contributed by atoms with Crippen LogP contribution in [-0.2, 0) is 6.61 Å². The third kappa shape index (κ3) is 4.25. The lowest BCUT2D eigenvalue weighted by Gasteiger charge is -2.27. The van der Waals surface area contributed by atoms with Gasteiger partial charge in [0.25, 0.3) is 0 Å². The van der Waals surface area contributed by atoms with E-state index < -0.39 is 0 Å². The summed E-state index contributed by atoms with van der Waals surface area (Å²) in [6.45, 7) is 0.145. The van der Waals surface area contributed by atoms with Gasteiger partial charge in [-0.1, -0.05) is 23.7 Å². The maximum absolute atomic E-state index is 13.8. The van der Waals surface area contributed by atoms with Crippen molar-refractivity contribution in [1.82, 2.24) is 10.3 Å². The van der Waals surface area contributed by atoms with Gasteiger partial charge in [0.1, 0.15) is 12.4 Å². The maximum Gasteiger partial charge on any atom is 0.213 e. The van der Waals surface area contributed by atoms with Gasteiger partial charge in [0.15, 0.2) is 0 Å². The molecule has 2 aromatic rings. The van der Waals surface area contributed by atoms with Crippen LogP contribution in [0.15, 0.2) is 36.4 Å². The number of halogens is 2. The second-order valence-corrected chi connectivity index (χ2v) is 6.70. The lowest BCUT2D eigenvalue weighted by molar-refractivity contribution is 0.284. The third-order valence-electron chi connectivity index (χ3n) is 4.69. The van der Waals surface area contributed by atoms with Gasteiger partial charge in [-0.15, -0.1) is 0 Å². The lowest BCUT2D eigenvalue weighted by atomic mass is 9.84. The summed E-state index contributed by atoms with van der Waals surface area (Å²) >= 11 is 5.76. The molecule has 0 aliphatic heterocycles. The highest BCUT2D eigenvalue weighted by atomic mass is 35.5. The summed E-state index contributed by atoms with van der Waals surface area (Å²) in [5, 5.41) is 3.73. The van der Waals surface area contributed by atoms with E-state index in [0.717, 1.165) is 18.5 Å². The molecule has 0 atom stereocenters. The Hall–Kier alpha value is -1.65. The number of benzene rings is 1. The molecular weight excluding hydrogens is 327 g/mol. The molecule has 1 fully saturated rings. The minimum Gasteiger partial charge on any atom is -0.473 e. The molecule has 0 radical (unpaired) electrons. The zero-order chi connectivity index (χ0) is 16.9. The van der Waals surface area contributed by atoms with Crippen LogP contribution in [0.3, 0.4) is 0 Å². The monoisotopic (exact) mass is 348 g/mol. The smallest absolute Gasteiger partial charge is 0.213 e. The maximum atomic E-state index is 13.8. The van der Waals surface area contributed by atoms with Crippen LogP contribution in [0.1, 0.15) is 42.9 Å². The van der Waals surface area contributed by atoms with E-state index in [1.54, 1.807) is 12.1 Å². The standard InChI is InChI=1S/C19H22ClFN2O/c1-22-16-9-6-13(7-10-16)18-3-2-4-19(23-18)24-12-14-5-8-15(20)11-17(14)21/h2-5,8,11,13,16,22H,6-7,9-10,12H2,1H3. The zero-order valence-electron chi connectivity index (χ0n) is 13.8. The average molecular weight is 349 g/mol. The molecule has 0 unspecified atom stereocenters. The van der Waals surface area contributed by atoms with E-state index >= 15 is 0 Å². The van der Waals surface area contributed by atoms with Crippen molar-refractivity contribution in [1.29, 1.82) is 0 Å². The first-order chi connectivity index (χ1) is 11.7. The molecule has 1 aliphatic carbocycles. The Labute approximate surface area is 147 Å². The van der Waals surface area contributed by atoms with Crippen molar-refractivity contribution in [2.45, 2.75) is 44.2 Å². The van der Waals surface area contributed by atoms with Crippen molar-refractivity contribution in [3.05, 3.63) is 58.5 Å². The number of hydrogen-bond donors (Lipinski definition) is 1. The normalized spacial score (nSPS) is 20.8. The molecule has 128 valence electrons. The number of nitrogens with one attached hydrogen (secondary N) is 1. The number of nitrogens with zero attached hydrogens (tertiary/aromatic N) is 1. The highest BCUT2D eigenvalue weighted by Crippen LogP contribution is 2.32. The molecule has 24 heavy (non-hydrogen) atoms. The second-order valence-electron chi connectivity index (χ2n) is 6.26. The fraction of sp³-hybridized carbons (Fsp3) is 0.421. The topological polar surface area (TPSA) is 34.1 Å². The van der Waals surface area contributed by atoms with E-state index in [4.69, 9.17) is 16.3 Å². The quantitative estimate of drug-likeness (QED) is 0.850. The van der Waals surface area contributed by atoms with E-state index in [2.05, 4.69) is 16.4 Å².